The van der Waals surface area contributed by atoms with Crippen molar-refractivity contribution in [3.8, 4) is 0 Å². The van der Waals surface area contributed by atoms with Gasteiger partial charge in [-0.1, -0.05) is 25.7 Å². The van der Waals surface area contributed by atoms with Crippen LogP contribution in [0.25, 0.3) is 0 Å². The lowest BCUT2D eigenvalue weighted by atomic mass is 10.0. The maximum absolute atomic E-state index is 5.80. The van der Waals surface area contributed by atoms with Crippen LogP contribution in [0.1, 0.15) is 32.1 Å². The maximum atomic E-state index is 5.80. The zero-order chi connectivity index (χ0) is 14.5. The summed E-state index contributed by atoms with van der Waals surface area (Å²) in [5, 5.41) is 3.29. The van der Waals surface area contributed by atoms with Crippen LogP contribution < -0.4 is 16.0 Å². The molecule has 1 aromatic heterocycles. The van der Waals surface area contributed by atoms with E-state index in [9.17, 15) is 0 Å². The fourth-order valence-electron chi connectivity index (χ4n) is 3.05. The highest BCUT2D eigenvalue weighted by Crippen LogP contribution is 2.27. The average Bonchev–Trinajstić information content (AvgIpc) is 3.01. The Labute approximate surface area is 125 Å². The van der Waals surface area contributed by atoms with Crippen LogP contribution in [0.4, 0.5) is 17.8 Å². The molecule has 0 bridgehead atoms. The van der Waals surface area contributed by atoms with Crippen LogP contribution in [0, 0.1) is 5.92 Å². The van der Waals surface area contributed by atoms with Gasteiger partial charge in [0, 0.05) is 19.6 Å². The van der Waals surface area contributed by atoms with Gasteiger partial charge in [0.25, 0.3) is 0 Å². The van der Waals surface area contributed by atoms with Crippen LogP contribution in [0.15, 0.2) is 0 Å². The number of ether oxygens (including phenoxy) is 1. The topological polar surface area (TPSA) is 89.2 Å². The lowest BCUT2D eigenvalue weighted by Crippen LogP contribution is -2.37. The van der Waals surface area contributed by atoms with Gasteiger partial charge in [0.15, 0.2) is 0 Å². The molecule has 1 aliphatic heterocycles. The highest BCUT2D eigenvalue weighted by Gasteiger charge is 2.17. The Bertz CT molecular complexity index is 457. The monoisotopic (exact) mass is 292 g/mol. The molecule has 0 atom stereocenters. The second-order valence-electron chi connectivity index (χ2n) is 5.78. The minimum absolute atomic E-state index is 0.273. The summed E-state index contributed by atoms with van der Waals surface area (Å²) in [6, 6.07) is 0. The van der Waals surface area contributed by atoms with Crippen molar-refractivity contribution in [3.05, 3.63) is 0 Å². The summed E-state index contributed by atoms with van der Waals surface area (Å²) in [4.78, 5) is 15.0. The second kappa shape index (κ2) is 6.89. The van der Waals surface area contributed by atoms with Crippen molar-refractivity contribution >= 4 is 17.8 Å². The molecule has 3 N–H and O–H groups in total. The van der Waals surface area contributed by atoms with Crippen LogP contribution in [0.3, 0.4) is 0 Å². The number of rotatable bonds is 5. The lowest BCUT2D eigenvalue weighted by molar-refractivity contribution is 0.122. The first-order valence-corrected chi connectivity index (χ1v) is 7.89. The Morgan fingerprint density at radius 1 is 1.14 bits per heavy atom. The van der Waals surface area contributed by atoms with Crippen LogP contribution in [0.5, 0.6) is 0 Å². The van der Waals surface area contributed by atoms with Gasteiger partial charge >= 0.3 is 0 Å². The van der Waals surface area contributed by atoms with E-state index in [1.54, 1.807) is 0 Å². The predicted octanol–water partition coefficient (Wildman–Crippen LogP) is 1.28. The van der Waals surface area contributed by atoms with E-state index in [0.717, 1.165) is 25.6 Å². The molecular weight excluding hydrogens is 268 g/mol. The Kier molecular flexibility index (Phi) is 4.69. The quantitative estimate of drug-likeness (QED) is 0.845. The maximum Gasteiger partial charge on any atom is 0.232 e. The fraction of sp³-hybridized carbons (Fsp3) is 0.786. The number of nitrogens with zero attached hydrogens (tertiary/aromatic N) is 4. The number of aromatic nitrogens is 3. The Hall–Kier alpha value is -1.63. The normalized spacial score (nSPS) is 19.9. The Morgan fingerprint density at radius 2 is 1.90 bits per heavy atom. The van der Waals surface area contributed by atoms with Crippen molar-refractivity contribution < 1.29 is 4.74 Å². The van der Waals surface area contributed by atoms with Gasteiger partial charge in [-0.05, 0) is 12.3 Å². The summed E-state index contributed by atoms with van der Waals surface area (Å²) in [6.07, 6.45) is 6.66. The molecule has 1 saturated carbocycles. The van der Waals surface area contributed by atoms with Crippen molar-refractivity contribution in [1.82, 2.24) is 15.0 Å². The summed E-state index contributed by atoms with van der Waals surface area (Å²) in [5.74, 6) is 2.36. The fourth-order valence-corrected chi connectivity index (χ4v) is 3.05. The molecule has 2 heterocycles. The predicted molar refractivity (Wildman–Crippen MR) is 82.3 cm³/mol. The first-order valence-electron chi connectivity index (χ1n) is 7.89. The minimum Gasteiger partial charge on any atom is -0.378 e. The number of morpholine rings is 1. The van der Waals surface area contributed by atoms with Crippen LogP contribution in [-0.2, 0) is 4.74 Å². The standard InChI is InChI=1S/C14H24N6O/c15-12-17-13(16-6-5-11-3-1-2-4-11)19-14(18-12)20-7-9-21-10-8-20/h11H,1-10H2,(H3,15,16,17,18,19). The molecule has 7 nitrogen and oxygen atoms in total. The van der Waals surface area contributed by atoms with E-state index < -0.39 is 0 Å². The molecule has 1 aromatic rings. The SMILES string of the molecule is Nc1nc(NCCC2CCCC2)nc(N2CCOCC2)n1. The van der Waals surface area contributed by atoms with Crippen LogP contribution in [0.2, 0.25) is 0 Å². The molecule has 0 amide bonds. The van der Waals surface area contributed by atoms with Crippen LogP contribution >= 0.6 is 0 Å². The minimum atomic E-state index is 0.273. The summed E-state index contributed by atoms with van der Waals surface area (Å²) in [5.41, 5.74) is 5.80. The van der Waals surface area contributed by atoms with Crippen molar-refractivity contribution in [2.75, 3.05) is 48.8 Å². The van der Waals surface area contributed by atoms with Gasteiger partial charge < -0.3 is 20.7 Å². The zero-order valence-electron chi connectivity index (χ0n) is 12.4. The van der Waals surface area contributed by atoms with Gasteiger partial charge in [-0.15, -0.1) is 0 Å². The number of nitrogen functional groups attached to an aromatic ring is 1. The Balaban J connectivity index is 1.57. The van der Waals surface area contributed by atoms with Crippen molar-refractivity contribution in [2.24, 2.45) is 5.92 Å². The largest absolute Gasteiger partial charge is 0.378 e. The molecule has 3 rings (SSSR count). The molecule has 7 heteroatoms. The second-order valence-corrected chi connectivity index (χ2v) is 5.78. The molecule has 0 unspecified atom stereocenters. The van der Waals surface area contributed by atoms with E-state index in [-0.39, 0.29) is 5.95 Å². The molecule has 0 spiro atoms. The molecular formula is C14H24N6O. The van der Waals surface area contributed by atoms with Gasteiger partial charge in [-0.25, -0.2) is 0 Å². The van der Waals surface area contributed by atoms with Gasteiger partial charge in [-0.2, -0.15) is 15.0 Å². The molecule has 1 aliphatic carbocycles. The molecule has 21 heavy (non-hydrogen) atoms. The van der Waals surface area contributed by atoms with Gasteiger partial charge in [0.2, 0.25) is 17.8 Å². The van der Waals surface area contributed by atoms with Gasteiger partial charge in [0.1, 0.15) is 0 Å². The highest BCUT2D eigenvalue weighted by molar-refractivity contribution is 5.42. The summed E-state index contributed by atoms with van der Waals surface area (Å²) >= 11 is 0. The number of anilines is 3. The van der Waals surface area contributed by atoms with Gasteiger partial charge in [0.05, 0.1) is 13.2 Å². The third-order valence-electron chi connectivity index (χ3n) is 4.25. The number of hydrogen-bond donors (Lipinski definition) is 2. The Morgan fingerprint density at radius 3 is 2.67 bits per heavy atom. The van der Waals surface area contributed by atoms with Crippen molar-refractivity contribution in [1.29, 1.82) is 0 Å². The summed E-state index contributed by atoms with van der Waals surface area (Å²) in [6.45, 7) is 3.90. The van der Waals surface area contributed by atoms with Crippen molar-refractivity contribution in [3.63, 3.8) is 0 Å². The first-order chi connectivity index (χ1) is 10.3. The first kappa shape index (κ1) is 14.3. The van der Waals surface area contributed by atoms with E-state index >= 15 is 0 Å². The lowest BCUT2D eigenvalue weighted by Gasteiger charge is -2.26. The van der Waals surface area contributed by atoms with E-state index in [0.29, 0.717) is 25.1 Å². The smallest absolute Gasteiger partial charge is 0.232 e. The third kappa shape index (κ3) is 3.93. The summed E-state index contributed by atoms with van der Waals surface area (Å²) in [7, 11) is 0. The van der Waals surface area contributed by atoms with E-state index in [1.165, 1.54) is 32.1 Å². The summed E-state index contributed by atoms with van der Waals surface area (Å²) < 4.78 is 5.34. The molecule has 0 aromatic carbocycles. The molecule has 2 fully saturated rings. The number of hydrogen-bond acceptors (Lipinski definition) is 7. The van der Waals surface area contributed by atoms with Crippen LogP contribution in [-0.4, -0.2) is 47.8 Å². The van der Waals surface area contributed by atoms with E-state index in [2.05, 4.69) is 25.2 Å². The average molecular weight is 292 g/mol. The number of nitrogens with one attached hydrogen (secondary N) is 1. The number of nitrogens with two attached hydrogens (primary N) is 1. The zero-order valence-corrected chi connectivity index (χ0v) is 12.4. The molecule has 116 valence electrons. The molecule has 1 saturated heterocycles. The van der Waals surface area contributed by atoms with E-state index in [1.807, 2.05) is 0 Å². The third-order valence-corrected chi connectivity index (χ3v) is 4.25. The van der Waals surface area contributed by atoms with E-state index in [4.69, 9.17) is 10.5 Å². The molecule has 2 aliphatic rings. The van der Waals surface area contributed by atoms with Crippen molar-refractivity contribution in [2.45, 2.75) is 32.1 Å². The van der Waals surface area contributed by atoms with Gasteiger partial charge in [-0.3, -0.25) is 0 Å². The molecule has 0 radical (unpaired) electrons. The highest BCUT2D eigenvalue weighted by atomic mass is 16.5.